The zero-order valence-electron chi connectivity index (χ0n) is 18.2. The molecule has 3 aliphatic rings. The number of amides is 1. The second kappa shape index (κ2) is 9.44. The molecule has 2 aliphatic heterocycles. The molecule has 0 bridgehead atoms. The average Bonchev–Trinajstić information content (AvgIpc) is 3.47. The molecule has 0 spiro atoms. The van der Waals surface area contributed by atoms with Crippen molar-refractivity contribution in [2.75, 3.05) is 52.9 Å². The standard InChI is InChI=1S/C21H39N5O2/c1-21(2,3)19-16(6-5-13-28-19)14-23-20(22-4)26-11-9-25(10-12-26)15-18(27)24-17-7-8-17/h16-17,19H,5-15H2,1-4H3,(H,22,23)(H,24,27). The van der Waals surface area contributed by atoms with Gasteiger partial charge in [0.2, 0.25) is 5.91 Å². The van der Waals surface area contributed by atoms with Gasteiger partial charge in [-0.3, -0.25) is 14.7 Å². The summed E-state index contributed by atoms with van der Waals surface area (Å²) in [6.45, 7) is 12.7. The fraction of sp³-hybridized carbons (Fsp3) is 0.905. The van der Waals surface area contributed by atoms with Gasteiger partial charge in [0.05, 0.1) is 12.6 Å². The first-order valence-electron chi connectivity index (χ1n) is 11.0. The van der Waals surface area contributed by atoms with Crippen LogP contribution in [0.3, 0.4) is 0 Å². The third-order valence-electron chi connectivity index (χ3n) is 6.01. The zero-order chi connectivity index (χ0) is 20.1. The molecule has 0 aromatic carbocycles. The maximum atomic E-state index is 12.0. The van der Waals surface area contributed by atoms with Crippen molar-refractivity contribution in [2.45, 2.75) is 58.6 Å². The summed E-state index contributed by atoms with van der Waals surface area (Å²) in [6, 6.07) is 0.442. The van der Waals surface area contributed by atoms with Crippen LogP contribution in [-0.4, -0.2) is 86.7 Å². The molecule has 0 aromatic heterocycles. The fourth-order valence-electron chi connectivity index (χ4n) is 4.39. The molecule has 7 nitrogen and oxygen atoms in total. The number of rotatable bonds is 5. The fourth-order valence-corrected chi connectivity index (χ4v) is 4.39. The quantitative estimate of drug-likeness (QED) is 0.544. The smallest absolute Gasteiger partial charge is 0.234 e. The molecule has 1 aliphatic carbocycles. The first kappa shape index (κ1) is 21.4. The Labute approximate surface area is 170 Å². The number of nitrogens with zero attached hydrogens (tertiary/aromatic N) is 3. The van der Waals surface area contributed by atoms with E-state index in [2.05, 4.69) is 46.2 Å². The molecule has 3 rings (SSSR count). The maximum absolute atomic E-state index is 12.0. The van der Waals surface area contributed by atoms with Crippen LogP contribution >= 0.6 is 0 Å². The predicted octanol–water partition coefficient (Wildman–Crippen LogP) is 1.30. The number of hydrogen-bond acceptors (Lipinski definition) is 4. The highest BCUT2D eigenvalue weighted by Crippen LogP contribution is 2.33. The lowest BCUT2D eigenvalue weighted by atomic mass is 9.78. The number of carbonyl (C=O) groups is 1. The van der Waals surface area contributed by atoms with E-state index < -0.39 is 0 Å². The van der Waals surface area contributed by atoms with Crippen molar-refractivity contribution >= 4 is 11.9 Å². The Balaban J connectivity index is 1.43. The van der Waals surface area contributed by atoms with Gasteiger partial charge in [0.1, 0.15) is 0 Å². The molecule has 1 amide bonds. The zero-order valence-corrected chi connectivity index (χ0v) is 18.2. The molecule has 2 heterocycles. The van der Waals surface area contributed by atoms with Gasteiger partial charge < -0.3 is 20.3 Å². The van der Waals surface area contributed by atoms with Crippen molar-refractivity contribution in [3.63, 3.8) is 0 Å². The molecule has 3 fully saturated rings. The SMILES string of the molecule is CN=C(NCC1CCCOC1C(C)(C)C)N1CCN(CC(=O)NC2CC2)CC1. The number of carbonyl (C=O) groups excluding carboxylic acids is 1. The molecule has 2 atom stereocenters. The van der Waals surface area contributed by atoms with Crippen LogP contribution in [0.5, 0.6) is 0 Å². The number of guanidine groups is 1. The molecule has 2 unspecified atom stereocenters. The summed E-state index contributed by atoms with van der Waals surface area (Å²) in [5.74, 6) is 1.65. The van der Waals surface area contributed by atoms with Crippen LogP contribution in [0.1, 0.15) is 46.5 Å². The van der Waals surface area contributed by atoms with Gasteiger partial charge in [-0.2, -0.15) is 0 Å². The maximum Gasteiger partial charge on any atom is 0.234 e. The number of ether oxygens (including phenoxy) is 1. The van der Waals surface area contributed by atoms with Crippen LogP contribution in [0.25, 0.3) is 0 Å². The molecule has 1 saturated carbocycles. The van der Waals surface area contributed by atoms with Crippen LogP contribution < -0.4 is 10.6 Å². The Morgan fingerprint density at radius 3 is 2.46 bits per heavy atom. The summed E-state index contributed by atoms with van der Waals surface area (Å²) >= 11 is 0. The van der Waals surface area contributed by atoms with Gasteiger partial charge in [-0.15, -0.1) is 0 Å². The Morgan fingerprint density at radius 2 is 1.86 bits per heavy atom. The summed E-state index contributed by atoms with van der Waals surface area (Å²) in [7, 11) is 1.86. The summed E-state index contributed by atoms with van der Waals surface area (Å²) < 4.78 is 6.11. The minimum Gasteiger partial charge on any atom is -0.377 e. The van der Waals surface area contributed by atoms with Gasteiger partial charge in [-0.1, -0.05) is 20.8 Å². The first-order chi connectivity index (χ1) is 13.4. The average molecular weight is 394 g/mol. The second-order valence-corrected chi connectivity index (χ2v) is 9.59. The van der Waals surface area contributed by atoms with E-state index in [1.54, 1.807) is 0 Å². The summed E-state index contributed by atoms with van der Waals surface area (Å²) in [5.41, 5.74) is 0.156. The molecule has 28 heavy (non-hydrogen) atoms. The van der Waals surface area contributed by atoms with E-state index in [9.17, 15) is 4.79 Å². The molecule has 2 N–H and O–H groups in total. The van der Waals surface area contributed by atoms with Crippen LogP contribution in [-0.2, 0) is 9.53 Å². The number of hydrogen-bond donors (Lipinski definition) is 2. The molecule has 0 radical (unpaired) electrons. The van der Waals surface area contributed by atoms with E-state index in [0.717, 1.165) is 64.6 Å². The molecule has 160 valence electrons. The number of aliphatic imine (C=N–C) groups is 1. The van der Waals surface area contributed by atoms with Crippen LogP contribution in [0.15, 0.2) is 4.99 Å². The molecular weight excluding hydrogens is 354 g/mol. The second-order valence-electron chi connectivity index (χ2n) is 9.59. The van der Waals surface area contributed by atoms with Crippen molar-refractivity contribution in [2.24, 2.45) is 16.3 Å². The molecule has 2 saturated heterocycles. The lowest BCUT2D eigenvalue weighted by molar-refractivity contribution is -0.122. The van der Waals surface area contributed by atoms with E-state index in [-0.39, 0.29) is 17.4 Å². The first-order valence-corrected chi connectivity index (χ1v) is 11.0. The Kier molecular flexibility index (Phi) is 7.20. The molecule has 0 aromatic rings. The van der Waals surface area contributed by atoms with Gasteiger partial charge in [-0.25, -0.2) is 0 Å². The Morgan fingerprint density at radius 1 is 1.14 bits per heavy atom. The number of piperazine rings is 1. The van der Waals surface area contributed by atoms with Gasteiger partial charge in [0.25, 0.3) is 0 Å². The Bertz CT molecular complexity index is 547. The number of nitrogens with one attached hydrogen (secondary N) is 2. The van der Waals surface area contributed by atoms with Crippen molar-refractivity contribution < 1.29 is 9.53 Å². The van der Waals surface area contributed by atoms with Crippen LogP contribution in [0.2, 0.25) is 0 Å². The summed E-state index contributed by atoms with van der Waals surface area (Å²) in [6.07, 6.45) is 4.91. The van der Waals surface area contributed by atoms with E-state index in [4.69, 9.17) is 4.74 Å². The summed E-state index contributed by atoms with van der Waals surface area (Å²) in [5, 5.41) is 6.68. The Hall–Kier alpha value is -1.34. The summed E-state index contributed by atoms with van der Waals surface area (Å²) in [4.78, 5) is 21.1. The van der Waals surface area contributed by atoms with Gasteiger partial charge in [0.15, 0.2) is 5.96 Å². The lowest BCUT2D eigenvalue weighted by Crippen LogP contribution is -2.55. The van der Waals surface area contributed by atoms with E-state index in [1.165, 1.54) is 6.42 Å². The van der Waals surface area contributed by atoms with Crippen molar-refractivity contribution in [1.29, 1.82) is 0 Å². The van der Waals surface area contributed by atoms with E-state index in [1.807, 2.05) is 7.05 Å². The third-order valence-corrected chi connectivity index (χ3v) is 6.01. The highest BCUT2D eigenvalue weighted by Gasteiger charge is 2.35. The van der Waals surface area contributed by atoms with Crippen LogP contribution in [0.4, 0.5) is 0 Å². The van der Waals surface area contributed by atoms with E-state index >= 15 is 0 Å². The topological polar surface area (TPSA) is 69.2 Å². The van der Waals surface area contributed by atoms with Gasteiger partial charge in [0, 0.05) is 58.3 Å². The van der Waals surface area contributed by atoms with Crippen molar-refractivity contribution in [3.05, 3.63) is 0 Å². The highest BCUT2D eigenvalue weighted by atomic mass is 16.5. The predicted molar refractivity (Wildman–Crippen MR) is 112 cm³/mol. The minimum absolute atomic E-state index is 0.156. The van der Waals surface area contributed by atoms with Crippen molar-refractivity contribution in [3.8, 4) is 0 Å². The van der Waals surface area contributed by atoms with Crippen molar-refractivity contribution in [1.82, 2.24) is 20.4 Å². The molecule has 7 heteroatoms. The largest absolute Gasteiger partial charge is 0.377 e. The highest BCUT2D eigenvalue weighted by molar-refractivity contribution is 5.80. The lowest BCUT2D eigenvalue weighted by Gasteiger charge is -2.41. The van der Waals surface area contributed by atoms with Crippen LogP contribution in [0, 0.1) is 11.3 Å². The minimum atomic E-state index is 0.156. The van der Waals surface area contributed by atoms with Gasteiger partial charge in [-0.05, 0) is 31.1 Å². The molecular formula is C21H39N5O2. The van der Waals surface area contributed by atoms with Gasteiger partial charge >= 0.3 is 0 Å². The monoisotopic (exact) mass is 393 g/mol. The van der Waals surface area contributed by atoms with E-state index in [0.29, 0.717) is 18.5 Å². The third kappa shape index (κ3) is 6.08. The normalized spacial score (nSPS) is 27.6.